The van der Waals surface area contributed by atoms with Gasteiger partial charge in [0.15, 0.2) is 12.1 Å². The van der Waals surface area contributed by atoms with E-state index in [1.165, 1.54) is 0 Å². The number of nitrogens with zero attached hydrogens (tertiary/aromatic N) is 2. The topological polar surface area (TPSA) is 171 Å². The lowest BCUT2D eigenvalue weighted by Gasteiger charge is -2.22. The molecule has 0 amide bonds. The van der Waals surface area contributed by atoms with E-state index in [-0.39, 0.29) is 23.6 Å². The van der Waals surface area contributed by atoms with E-state index >= 15 is 0 Å². The predicted octanol–water partition coefficient (Wildman–Crippen LogP) is 0.250. The highest BCUT2D eigenvalue weighted by atomic mass is 31.2. The van der Waals surface area contributed by atoms with E-state index in [9.17, 15) is 13.8 Å². The zero-order valence-electron chi connectivity index (χ0n) is 13.0. The molecular weight excluding hydrogens is 342 g/mol. The Morgan fingerprint density at radius 1 is 1.33 bits per heavy atom. The maximum atomic E-state index is 13.1. The smallest absolute Gasteiger partial charge is 0.359 e. The SMILES string of the molecule is Nc1nc2c(c(=O)[nH]1)NC(N)N2CCCCCCC(F)P(=O)(O)O. The Balaban J connectivity index is 1.78. The summed E-state index contributed by atoms with van der Waals surface area (Å²) in [5, 5.41) is 2.83. The van der Waals surface area contributed by atoms with Gasteiger partial charge in [0.25, 0.3) is 5.56 Å². The quantitative estimate of drug-likeness (QED) is 0.279. The number of halogens is 1. The third kappa shape index (κ3) is 4.44. The molecule has 10 nitrogen and oxygen atoms in total. The van der Waals surface area contributed by atoms with Gasteiger partial charge in [-0.3, -0.25) is 20.1 Å². The molecule has 0 fully saturated rings. The summed E-state index contributed by atoms with van der Waals surface area (Å²) in [5.74, 6) is -1.69. The largest absolute Gasteiger partial charge is 0.369 e. The molecule has 0 saturated carbocycles. The highest BCUT2D eigenvalue weighted by Gasteiger charge is 2.30. The predicted molar refractivity (Wildman–Crippen MR) is 88.2 cm³/mol. The van der Waals surface area contributed by atoms with Crippen molar-refractivity contribution >= 4 is 25.0 Å². The van der Waals surface area contributed by atoms with Gasteiger partial charge in [0.2, 0.25) is 11.9 Å². The van der Waals surface area contributed by atoms with Crippen molar-refractivity contribution < 1.29 is 18.7 Å². The van der Waals surface area contributed by atoms with Gasteiger partial charge in [-0.25, -0.2) is 4.39 Å². The number of aromatic nitrogens is 2. The minimum Gasteiger partial charge on any atom is -0.369 e. The molecule has 0 saturated heterocycles. The first-order chi connectivity index (χ1) is 11.2. The molecule has 1 aromatic heterocycles. The number of anilines is 3. The van der Waals surface area contributed by atoms with Crippen LogP contribution in [0, 0.1) is 0 Å². The highest BCUT2D eigenvalue weighted by Crippen LogP contribution is 2.44. The molecule has 0 aliphatic carbocycles. The molecule has 24 heavy (non-hydrogen) atoms. The number of nitrogens with two attached hydrogens (primary N) is 2. The van der Waals surface area contributed by atoms with E-state index in [4.69, 9.17) is 21.3 Å². The van der Waals surface area contributed by atoms with Gasteiger partial charge in [0, 0.05) is 6.54 Å². The molecule has 1 aliphatic rings. The van der Waals surface area contributed by atoms with E-state index < -0.39 is 19.8 Å². The molecule has 0 radical (unpaired) electrons. The van der Waals surface area contributed by atoms with Crippen molar-refractivity contribution in [2.24, 2.45) is 5.73 Å². The minimum absolute atomic E-state index is 0.00562. The number of hydrogen-bond donors (Lipinski definition) is 6. The van der Waals surface area contributed by atoms with Crippen molar-refractivity contribution in [2.45, 2.75) is 44.3 Å². The zero-order valence-corrected chi connectivity index (χ0v) is 13.9. The molecule has 0 bridgehead atoms. The summed E-state index contributed by atoms with van der Waals surface area (Å²) in [7, 11) is -4.64. The molecule has 2 rings (SSSR count). The lowest BCUT2D eigenvalue weighted by atomic mass is 10.1. The van der Waals surface area contributed by atoms with Gasteiger partial charge >= 0.3 is 7.60 Å². The first-order valence-electron chi connectivity index (χ1n) is 7.58. The average Bonchev–Trinajstić information content (AvgIpc) is 2.78. The summed E-state index contributed by atoms with van der Waals surface area (Å²) in [5.41, 5.74) is 11.3. The molecule has 0 spiro atoms. The standard InChI is InChI=1S/C12H22FN6O4P/c13-7(24(21,22)23)5-3-1-2-4-6-19-9-8(16-12(19)15)10(20)18-11(14)17-9/h7,12,16H,1-6,15H2,(H2,21,22,23)(H3,14,17,18,20). The molecule has 2 atom stereocenters. The lowest BCUT2D eigenvalue weighted by molar-refractivity contribution is 0.287. The molecule has 2 unspecified atom stereocenters. The molecule has 1 aromatic rings. The summed E-state index contributed by atoms with van der Waals surface area (Å²) < 4.78 is 23.8. The van der Waals surface area contributed by atoms with E-state index in [1.54, 1.807) is 4.90 Å². The van der Waals surface area contributed by atoms with Gasteiger partial charge in [-0.15, -0.1) is 0 Å². The third-order valence-corrected chi connectivity index (χ3v) is 4.76. The van der Waals surface area contributed by atoms with Crippen LogP contribution < -0.4 is 27.2 Å². The van der Waals surface area contributed by atoms with Crippen LogP contribution in [-0.2, 0) is 4.57 Å². The van der Waals surface area contributed by atoms with E-state index in [0.29, 0.717) is 31.6 Å². The second kappa shape index (κ2) is 7.47. The summed E-state index contributed by atoms with van der Waals surface area (Å²) >= 11 is 0. The fourth-order valence-corrected chi connectivity index (χ4v) is 3.05. The van der Waals surface area contributed by atoms with Crippen LogP contribution in [0.4, 0.5) is 21.8 Å². The Morgan fingerprint density at radius 2 is 2.00 bits per heavy atom. The molecule has 8 N–H and O–H groups in total. The van der Waals surface area contributed by atoms with Crippen molar-refractivity contribution in [1.82, 2.24) is 9.97 Å². The second-order valence-electron chi connectivity index (χ2n) is 5.66. The number of alkyl halides is 1. The monoisotopic (exact) mass is 364 g/mol. The van der Waals surface area contributed by atoms with Gasteiger partial charge in [-0.1, -0.05) is 12.8 Å². The number of unbranched alkanes of at least 4 members (excludes halogenated alkanes) is 3. The van der Waals surface area contributed by atoms with Crippen molar-refractivity contribution in [3.63, 3.8) is 0 Å². The number of rotatable bonds is 8. The zero-order chi connectivity index (χ0) is 17.9. The van der Waals surface area contributed by atoms with Crippen LogP contribution in [0.3, 0.4) is 0 Å². The van der Waals surface area contributed by atoms with Gasteiger partial charge < -0.3 is 25.7 Å². The Hall–Kier alpha value is -1.68. The summed E-state index contributed by atoms with van der Waals surface area (Å²) in [6, 6.07) is 0. The first-order valence-corrected chi connectivity index (χ1v) is 9.26. The highest BCUT2D eigenvalue weighted by molar-refractivity contribution is 7.52. The second-order valence-corrected chi connectivity index (χ2v) is 7.40. The lowest BCUT2D eigenvalue weighted by Crippen LogP contribution is -2.43. The maximum absolute atomic E-state index is 13.1. The number of aromatic amines is 1. The third-order valence-electron chi connectivity index (χ3n) is 3.77. The molecule has 0 aromatic carbocycles. The van der Waals surface area contributed by atoms with Gasteiger partial charge in [-0.2, -0.15) is 4.98 Å². The normalized spacial score (nSPS) is 18.3. The molecule has 136 valence electrons. The van der Waals surface area contributed by atoms with Crippen LogP contribution in [0.25, 0.3) is 0 Å². The number of hydrogen-bond acceptors (Lipinski definition) is 7. The van der Waals surface area contributed by atoms with E-state index in [0.717, 1.165) is 6.42 Å². The average molecular weight is 364 g/mol. The number of H-pyrrole nitrogens is 1. The van der Waals surface area contributed by atoms with Crippen LogP contribution in [-0.4, -0.2) is 38.5 Å². The number of nitrogens with one attached hydrogen (secondary N) is 2. The fraction of sp³-hybridized carbons (Fsp3) is 0.667. The Bertz CT molecular complexity index is 680. The summed E-state index contributed by atoms with van der Waals surface area (Å²) in [4.78, 5) is 37.3. The first kappa shape index (κ1) is 18.7. The van der Waals surface area contributed by atoms with Gasteiger partial charge in [0.1, 0.15) is 5.69 Å². The maximum Gasteiger partial charge on any atom is 0.359 e. The van der Waals surface area contributed by atoms with Crippen molar-refractivity contribution in [1.29, 1.82) is 0 Å². The van der Waals surface area contributed by atoms with Gasteiger partial charge in [-0.05, 0) is 19.3 Å². The van der Waals surface area contributed by atoms with Crippen molar-refractivity contribution in [2.75, 3.05) is 22.5 Å². The van der Waals surface area contributed by atoms with Crippen molar-refractivity contribution in [3.05, 3.63) is 10.4 Å². The summed E-state index contributed by atoms with van der Waals surface area (Å²) in [6.07, 6.45) is 1.71. The van der Waals surface area contributed by atoms with Crippen LogP contribution in [0.15, 0.2) is 4.79 Å². The molecule has 2 heterocycles. The van der Waals surface area contributed by atoms with Gasteiger partial charge in [0.05, 0.1) is 0 Å². The summed E-state index contributed by atoms with van der Waals surface area (Å²) in [6.45, 7) is 0.522. The van der Waals surface area contributed by atoms with E-state index in [2.05, 4.69) is 15.3 Å². The minimum atomic E-state index is -4.64. The van der Waals surface area contributed by atoms with Crippen LogP contribution in [0.2, 0.25) is 0 Å². The van der Waals surface area contributed by atoms with Crippen LogP contribution in [0.1, 0.15) is 32.1 Å². The van der Waals surface area contributed by atoms with Crippen molar-refractivity contribution in [3.8, 4) is 0 Å². The van der Waals surface area contributed by atoms with Crippen LogP contribution >= 0.6 is 7.60 Å². The Labute approximate surface area is 137 Å². The molecule has 12 heteroatoms. The van der Waals surface area contributed by atoms with Crippen LogP contribution in [0.5, 0.6) is 0 Å². The fourth-order valence-electron chi connectivity index (χ4n) is 2.54. The molecular formula is C12H22FN6O4P. The Morgan fingerprint density at radius 3 is 2.67 bits per heavy atom. The molecule has 1 aliphatic heterocycles. The number of fused-ring (bicyclic) bond motifs is 1. The number of nitrogen functional groups attached to an aromatic ring is 1. The van der Waals surface area contributed by atoms with E-state index in [1.807, 2.05) is 0 Å². The Kier molecular flexibility index (Phi) is 5.81.